The fourth-order valence-electron chi connectivity index (χ4n) is 1.91. The maximum absolute atomic E-state index is 13.2. The maximum atomic E-state index is 13.2. The highest BCUT2D eigenvalue weighted by Gasteiger charge is 2.06. The molecule has 2 rings (SSSR count). The normalized spacial score (nSPS) is 11.4. The van der Waals surface area contributed by atoms with Crippen molar-refractivity contribution in [2.45, 2.75) is 13.8 Å². The van der Waals surface area contributed by atoms with Crippen LogP contribution < -0.4 is 0 Å². The molecule has 0 spiro atoms. The van der Waals surface area contributed by atoms with Crippen molar-refractivity contribution in [1.29, 1.82) is 0 Å². The van der Waals surface area contributed by atoms with Crippen molar-refractivity contribution in [2.24, 2.45) is 0 Å². The average Bonchev–Trinajstić information content (AvgIpc) is 2.42. The van der Waals surface area contributed by atoms with E-state index in [4.69, 9.17) is 0 Å². The van der Waals surface area contributed by atoms with Crippen LogP contribution in [-0.4, -0.2) is 5.78 Å². The van der Waals surface area contributed by atoms with Crippen LogP contribution in [0.4, 0.5) is 4.39 Å². The number of benzene rings is 2. The maximum Gasteiger partial charge on any atom is 0.159 e. The highest BCUT2D eigenvalue weighted by molar-refractivity contribution is 5.94. The zero-order chi connectivity index (χ0) is 13.8. The highest BCUT2D eigenvalue weighted by atomic mass is 19.1. The monoisotopic (exact) mass is 254 g/mol. The first-order chi connectivity index (χ1) is 9.11. The zero-order valence-electron chi connectivity index (χ0n) is 11.0. The fraction of sp³-hybridized carbons (Fsp3) is 0.118. The van der Waals surface area contributed by atoms with Crippen LogP contribution in [0.2, 0.25) is 0 Å². The van der Waals surface area contributed by atoms with Gasteiger partial charge in [-0.05, 0) is 25.0 Å². The van der Waals surface area contributed by atoms with Gasteiger partial charge >= 0.3 is 0 Å². The van der Waals surface area contributed by atoms with Gasteiger partial charge in [-0.1, -0.05) is 54.1 Å². The predicted octanol–water partition coefficient (Wildman–Crippen LogP) is 4.56. The van der Waals surface area contributed by atoms with E-state index in [2.05, 4.69) is 0 Å². The zero-order valence-corrected chi connectivity index (χ0v) is 11.0. The molecule has 0 radical (unpaired) electrons. The molecule has 0 N–H and O–H groups in total. The fourth-order valence-corrected chi connectivity index (χ4v) is 1.91. The Morgan fingerprint density at radius 1 is 0.895 bits per heavy atom. The molecule has 0 aliphatic rings. The van der Waals surface area contributed by atoms with Gasteiger partial charge in [0.15, 0.2) is 5.78 Å². The van der Waals surface area contributed by atoms with Crippen LogP contribution in [0.15, 0.2) is 54.9 Å². The van der Waals surface area contributed by atoms with Crippen LogP contribution >= 0.6 is 0 Å². The molecule has 0 saturated heterocycles. The van der Waals surface area contributed by atoms with Gasteiger partial charge in [0.25, 0.3) is 0 Å². The Labute approximate surface area is 112 Å². The topological polar surface area (TPSA) is 17.1 Å². The molecule has 2 aromatic rings. The van der Waals surface area contributed by atoms with Crippen LogP contribution in [-0.2, 0) is 0 Å². The van der Waals surface area contributed by atoms with E-state index in [0.29, 0.717) is 17.5 Å². The summed E-state index contributed by atoms with van der Waals surface area (Å²) >= 11 is 0. The molecule has 19 heavy (non-hydrogen) atoms. The van der Waals surface area contributed by atoms with Crippen LogP contribution in [0.5, 0.6) is 0 Å². The Morgan fingerprint density at radius 3 is 1.74 bits per heavy atom. The summed E-state index contributed by atoms with van der Waals surface area (Å²) in [6.07, 6.45) is 0.605. The van der Waals surface area contributed by atoms with Gasteiger partial charge in [-0.2, -0.15) is 0 Å². The average molecular weight is 254 g/mol. The van der Waals surface area contributed by atoms with Gasteiger partial charge in [0.2, 0.25) is 0 Å². The number of aryl methyl sites for hydroxylation is 1. The molecular formula is C17H15FO. The molecule has 0 atom stereocenters. The molecule has 0 aliphatic carbocycles. The summed E-state index contributed by atoms with van der Waals surface area (Å²) in [5.41, 5.74) is 3.87. The van der Waals surface area contributed by atoms with Crippen LogP contribution in [0.25, 0.3) is 5.57 Å². The van der Waals surface area contributed by atoms with E-state index in [0.717, 1.165) is 16.7 Å². The first-order valence-corrected chi connectivity index (χ1v) is 6.10. The summed E-state index contributed by atoms with van der Waals surface area (Å²) < 4.78 is 13.2. The molecule has 2 aromatic carbocycles. The number of Topliss-reactive ketones (excluding diaryl/α,β-unsaturated/α-hetero) is 1. The van der Waals surface area contributed by atoms with E-state index in [9.17, 15) is 9.18 Å². The van der Waals surface area contributed by atoms with Crippen molar-refractivity contribution < 1.29 is 9.18 Å². The predicted molar refractivity (Wildman–Crippen MR) is 75.8 cm³/mol. The second-order valence-corrected chi connectivity index (χ2v) is 4.52. The van der Waals surface area contributed by atoms with Crippen LogP contribution in [0.3, 0.4) is 0 Å². The lowest BCUT2D eigenvalue weighted by Crippen LogP contribution is -1.93. The summed E-state index contributed by atoms with van der Waals surface area (Å²) in [5.74, 6) is 0.00710. The Balaban J connectivity index is 2.37. The van der Waals surface area contributed by atoms with Gasteiger partial charge in [0, 0.05) is 11.1 Å². The molecule has 0 aliphatic heterocycles. The number of carbonyl (C=O) groups excluding carboxylic acids is 1. The van der Waals surface area contributed by atoms with Crippen molar-refractivity contribution in [3.8, 4) is 0 Å². The van der Waals surface area contributed by atoms with E-state index in [1.807, 2.05) is 31.2 Å². The molecular weight excluding hydrogens is 239 g/mol. The van der Waals surface area contributed by atoms with Gasteiger partial charge in [0.05, 0.1) is 6.33 Å². The summed E-state index contributed by atoms with van der Waals surface area (Å²) in [6, 6.07) is 14.6. The Kier molecular flexibility index (Phi) is 3.91. The summed E-state index contributed by atoms with van der Waals surface area (Å²) in [4.78, 5) is 11.2. The lowest BCUT2D eigenvalue weighted by atomic mass is 9.97. The largest absolute Gasteiger partial charge is 0.295 e. The molecule has 0 aromatic heterocycles. The quantitative estimate of drug-likeness (QED) is 0.734. The van der Waals surface area contributed by atoms with E-state index < -0.39 is 0 Å². The standard InChI is InChI=1S/C17H15FO/c1-12-3-5-15(6-4-12)17(11-18)16-9-7-14(8-10-16)13(2)19/h3-11H,1-2H3/b17-11+. The lowest BCUT2D eigenvalue weighted by molar-refractivity contribution is 0.101. The number of ketones is 1. The van der Waals surface area contributed by atoms with E-state index in [-0.39, 0.29) is 5.78 Å². The summed E-state index contributed by atoms with van der Waals surface area (Å²) in [5, 5.41) is 0. The third kappa shape index (κ3) is 2.97. The second-order valence-electron chi connectivity index (χ2n) is 4.52. The third-order valence-corrected chi connectivity index (χ3v) is 3.07. The van der Waals surface area contributed by atoms with Crippen molar-refractivity contribution in [2.75, 3.05) is 0 Å². The van der Waals surface area contributed by atoms with Crippen molar-refractivity contribution in [3.05, 3.63) is 77.1 Å². The van der Waals surface area contributed by atoms with Crippen LogP contribution in [0.1, 0.15) is 34.0 Å². The minimum absolute atomic E-state index is 0.00710. The first kappa shape index (κ1) is 13.2. The Hall–Kier alpha value is -2.22. The minimum Gasteiger partial charge on any atom is -0.295 e. The molecule has 0 bridgehead atoms. The van der Waals surface area contributed by atoms with E-state index in [1.165, 1.54) is 6.92 Å². The molecule has 0 fully saturated rings. The van der Waals surface area contributed by atoms with Crippen molar-refractivity contribution in [1.82, 2.24) is 0 Å². The van der Waals surface area contributed by atoms with Crippen LogP contribution in [0, 0.1) is 6.92 Å². The van der Waals surface area contributed by atoms with Gasteiger partial charge in [-0.15, -0.1) is 0 Å². The molecule has 0 heterocycles. The third-order valence-electron chi connectivity index (χ3n) is 3.07. The number of hydrogen-bond acceptors (Lipinski definition) is 1. The van der Waals surface area contributed by atoms with Crippen molar-refractivity contribution >= 4 is 11.4 Å². The van der Waals surface area contributed by atoms with E-state index in [1.54, 1.807) is 24.3 Å². The van der Waals surface area contributed by atoms with Gasteiger partial charge in [0.1, 0.15) is 0 Å². The molecule has 0 saturated carbocycles. The number of hydrogen-bond donors (Lipinski definition) is 0. The first-order valence-electron chi connectivity index (χ1n) is 6.10. The second kappa shape index (κ2) is 5.61. The summed E-state index contributed by atoms with van der Waals surface area (Å²) in [6.45, 7) is 3.51. The smallest absolute Gasteiger partial charge is 0.159 e. The molecule has 0 amide bonds. The van der Waals surface area contributed by atoms with Crippen molar-refractivity contribution in [3.63, 3.8) is 0 Å². The van der Waals surface area contributed by atoms with Gasteiger partial charge < -0.3 is 0 Å². The Bertz CT molecular complexity index is 607. The molecule has 0 unspecified atom stereocenters. The molecule has 1 nitrogen and oxygen atoms in total. The highest BCUT2D eigenvalue weighted by Crippen LogP contribution is 2.24. The van der Waals surface area contributed by atoms with Gasteiger partial charge in [-0.25, -0.2) is 4.39 Å². The van der Waals surface area contributed by atoms with Gasteiger partial charge in [-0.3, -0.25) is 4.79 Å². The molecule has 96 valence electrons. The number of rotatable bonds is 3. The Morgan fingerprint density at radius 2 is 1.32 bits per heavy atom. The summed E-state index contributed by atoms with van der Waals surface area (Å²) in [7, 11) is 0. The van der Waals surface area contributed by atoms with E-state index >= 15 is 0 Å². The lowest BCUT2D eigenvalue weighted by Gasteiger charge is -2.07. The molecule has 2 heteroatoms. The SMILES string of the molecule is CC(=O)c1ccc(/C(=C/F)c2ccc(C)cc2)cc1. The number of halogens is 1. The number of carbonyl (C=O) groups is 1. The minimum atomic E-state index is 0.00710.